The van der Waals surface area contributed by atoms with Crippen molar-refractivity contribution in [2.45, 2.75) is 85.9 Å². The number of benzene rings is 7. The topological polar surface area (TPSA) is 48.8 Å². The molecule has 319 valence electrons. The molecule has 0 aliphatic heterocycles. The van der Waals surface area contributed by atoms with Crippen molar-refractivity contribution in [1.82, 2.24) is 19.1 Å². The van der Waals surface area contributed by atoms with E-state index in [9.17, 15) is 0 Å². The van der Waals surface area contributed by atoms with Gasteiger partial charge < -0.3 is 13.6 Å². The largest absolute Gasteiger partial charge is 0.456 e. The Morgan fingerprint density at radius 2 is 1.11 bits per heavy atom. The van der Waals surface area contributed by atoms with Crippen LogP contribution in [0, 0.1) is 19.0 Å². The van der Waals surface area contributed by atoms with Gasteiger partial charge in [-0.15, -0.1) is 71.3 Å². The van der Waals surface area contributed by atoms with Crippen LogP contribution < -0.4 is 0 Å². The predicted octanol–water partition coefficient (Wildman–Crippen LogP) is 15.7. The van der Waals surface area contributed by atoms with E-state index < -0.39 is 6.85 Å². The molecule has 0 saturated carbocycles. The third-order valence-electron chi connectivity index (χ3n) is 11.8. The summed E-state index contributed by atoms with van der Waals surface area (Å²) in [6.07, 6.45) is 0. The molecule has 1 radical (unpaired) electrons. The normalized spacial score (nSPS) is 12.6. The standard InChI is InChI=1S/C31H27N2O.C26H27N2.Ir/c1-19(2)23-18-24-22-14-8-11-17-27(22)34-30(24)28(20(3)4)29(23)33-26-16-10-9-15-25(26)32-31(33)21-12-6-5-7-13-21;1-17(2)21-9-8-10-22(18(3)4)25(21)28-24-12-7-6-11-23(24)27-26(28)20-15-13-19(5)14-16-20;/h5-12,14-20H,1-4H3;6-15,17-18H,1-5H3;/q2*-1;/i;5D3;. The van der Waals surface area contributed by atoms with E-state index in [2.05, 4.69) is 149 Å². The first-order valence-corrected chi connectivity index (χ1v) is 21.8. The molecule has 0 bridgehead atoms. The molecule has 3 heterocycles. The summed E-state index contributed by atoms with van der Waals surface area (Å²) in [6.45, 7) is 15.7. The summed E-state index contributed by atoms with van der Waals surface area (Å²) in [4.78, 5) is 10.0. The molecule has 3 aromatic heterocycles. The first-order valence-electron chi connectivity index (χ1n) is 23.3. The van der Waals surface area contributed by atoms with Gasteiger partial charge in [0, 0.05) is 51.9 Å². The molecule has 0 unspecified atom stereocenters. The minimum atomic E-state index is -2.15. The number of furan rings is 1. The van der Waals surface area contributed by atoms with Gasteiger partial charge in [0.2, 0.25) is 0 Å². The number of para-hydroxylation sites is 6. The average Bonchev–Trinajstić information content (AvgIpc) is 4.00. The van der Waals surface area contributed by atoms with Crippen molar-refractivity contribution >= 4 is 44.0 Å². The van der Waals surface area contributed by atoms with Crippen LogP contribution in [0.15, 0.2) is 144 Å². The molecule has 6 heteroatoms. The van der Waals surface area contributed by atoms with E-state index in [0.29, 0.717) is 17.8 Å². The van der Waals surface area contributed by atoms with Gasteiger partial charge in [-0.05, 0) is 76.8 Å². The van der Waals surface area contributed by atoms with Gasteiger partial charge in [-0.2, -0.15) is 0 Å². The third-order valence-corrected chi connectivity index (χ3v) is 11.8. The molecule has 0 atom stereocenters. The van der Waals surface area contributed by atoms with E-state index in [1.165, 1.54) is 38.7 Å². The molecule has 0 aliphatic carbocycles. The Morgan fingerprint density at radius 1 is 0.540 bits per heavy atom. The van der Waals surface area contributed by atoms with Gasteiger partial charge in [-0.3, -0.25) is 9.97 Å². The minimum Gasteiger partial charge on any atom is -0.456 e. The zero-order valence-corrected chi connectivity index (χ0v) is 39.5. The van der Waals surface area contributed by atoms with E-state index in [1.807, 2.05) is 54.6 Å². The van der Waals surface area contributed by atoms with Crippen LogP contribution in [0.3, 0.4) is 0 Å². The molecule has 63 heavy (non-hydrogen) atoms. The van der Waals surface area contributed by atoms with Gasteiger partial charge in [-0.25, -0.2) is 0 Å². The van der Waals surface area contributed by atoms with E-state index in [4.69, 9.17) is 18.5 Å². The van der Waals surface area contributed by atoms with Gasteiger partial charge in [0.25, 0.3) is 0 Å². The van der Waals surface area contributed by atoms with Crippen molar-refractivity contribution in [1.29, 1.82) is 0 Å². The van der Waals surface area contributed by atoms with Crippen LogP contribution in [-0.2, 0) is 20.1 Å². The van der Waals surface area contributed by atoms with Crippen molar-refractivity contribution in [2.75, 3.05) is 0 Å². The maximum Gasteiger partial charge on any atom is 0.140 e. The zero-order valence-electron chi connectivity index (χ0n) is 40.1. The number of nitrogens with zero attached hydrogens (tertiary/aromatic N) is 4. The van der Waals surface area contributed by atoms with Crippen molar-refractivity contribution in [2.24, 2.45) is 0 Å². The molecule has 7 aromatic carbocycles. The van der Waals surface area contributed by atoms with Crippen molar-refractivity contribution in [3.05, 3.63) is 179 Å². The van der Waals surface area contributed by atoms with Crippen molar-refractivity contribution in [3.63, 3.8) is 0 Å². The van der Waals surface area contributed by atoms with Crippen LogP contribution in [-0.4, -0.2) is 19.1 Å². The minimum absolute atomic E-state index is 0. The fourth-order valence-corrected chi connectivity index (χ4v) is 8.85. The number of rotatable bonds is 8. The number of hydrogen-bond donors (Lipinski definition) is 0. The van der Waals surface area contributed by atoms with Gasteiger partial charge in [0.15, 0.2) is 0 Å². The molecule has 0 amide bonds. The molecule has 10 rings (SSSR count). The molecule has 5 nitrogen and oxygen atoms in total. The fraction of sp³-hybridized carbons (Fsp3) is 0.228. The number of aromatic nitrogens is 4. The second-order valence-corrected chi connectivity index (χ2v) is 17.4. The molecule has 0 N–H and O–H groups in total. The maximum atomic E-state index is 7.66. The number of fused-ring (bicyclic) bond motifs is 5. The summed E-state index contributed by atoms with van der Waals surface area (Å²) in [6, 6.07) is 53.4. The Morgan fingerprint density at radius 3 is 1.67 bits per heavy atom. The van der Waals surface area contributed by atoms with Gasteiger partial charge in [0.05, 0.1) is 33.7 Å². The second kappa shape index (κ2) is 18.0. The third kappa shape index (κ3) is 7.96. The van der Waals surface area contributed by atoms with E-state index >= 15 is 0 Å². The first kappa shape index (κ1) is 39.8. The smallest absolute Gasteiger partial charge is 0.140 e. The van der Waals surface area contributed by atoms with Gasteiger partial charge >= 0.3 is 0 Å². The Kier molecular flexibility index (Phi) is 11.3. The van der Waals surface area contributed by atoms with Crippen LogP contribution in [0.5, 0.6) is 0 Å². The summed E-state index contributed by atoms with van der Waals surface area (Å²) in [5, 5.41) is 2.35. The summed E-state index contributed by atoms with van der Waals surface area (Å²) >= 11 is 0. The van der Waals surface area contributed by atoms with Crippen LogP contribution in [0.4, 0.5) is 0 Å². The second-order valence-electron chi connectivity index (χ2n) is 17.4. The van der Waals surface area contributed by atoms with Crippen molar-refractivity contribution < 1.29 is 28.6 Å². The molecule has 0 aliphatic rings. The average molecular weight is 1010 g/mol. The van der Waals surface area contributed by atoms with Crippen LogP contribution in [0.2, 0.25) is 0 Å². The Labute approximate surface area is 389 Å². The molecule has 0 spiro atoms. The van der Waals surface area contributed by atoms with Crippen LogP contribution in [0.25, 0.3) is 78.2 Å². The molecule has 10 aromatic rings. The summed E-state index contributed by atoms with van der Waals surface area (Å²) in [7, 11) is 0. The molecular formula is C57H54IrN4O-2. The first-order chi connectivity index (χ1) is 31.2. The molecule has 0 saturated heterocycles. The summed E-state index contributed by atoms with van der Waals surface area (Å²) in [5.74, 6) is 2.92. The maximum absolute atomic E-state index is 7.66. The fourth-order valence-electron chi connectivity index (χ4n) is 8.85. The zero-order chi connectivity index (χ0) is 45.7. The number of aryl methyl sites for hydroxylation is 1. The van der Waals surface area contributed by atoms with Crippen LogP contribution >= 0.6 is 0 Å². The molecular weight excluding hydrogens is 949 g/mol. The van der Waals surface area contributed by atoms with Crippen LogP contribution in [0.1, 0.15) is 111 Å². The van der Waals surface area contributed by atoms with Gasteiger partial charge in [0.1, 0.15) is 11.2 Å². The van der Waals surface area contributed by atoms with E-state index in [0.717, 1.165) is 61.7 Å². The number of hydrogen-bond acceptors (Lipinski definition) is 3. The monoisotopic (exact) mass is 1010 g/mol. The summed E-state index contributed by atoms with van der Waals surface area (Å²) < 4.78 is 34.1. The quantitative estimate of drug-likeness (QED) is 0.143. The summed E-state index contributed by atoms with van der Waals surface area (Å²) in [5.41, 5.74) is 15.3. The molecule has 0 fully saturated rings. The predicted molar refractivity (Wildman–Crippen MR) is 259 cm³/mol. The Hall–Kier alpha value is -6.07. The Bertz CT molecular complexity index is 3290. The SMILES string of the molecule is CC(C)c1cc2c(oc3ccccc32)c(C(C)C)c1-n1c(-c2[c-]cccc2)nc2ccccc21.[2H]C([2H])([2H])c1c[c-]c(-c2nc3ccccc3n2-c2c(C(C)C)cccc2C(C)C)cc1.[Ir]. The van der Waals surface area contributed by atoms with E-state index in [1.54, 1.807) is 12.1 Å². The van der Waals surface area contributed by atoms with Gasteiger partial charge in [-0.1, -0.05) is 123 Å². The number of imidazole rings is 2. The van der Waals surface area contributed by atoms with E-state index in [-0.39, 0.29) is 31.6 Å². The van der Waals surface area contributed by atoms with Crippen molar-refractivity contribution in [3.8, 4) is 34.2 Å². The Balaban J connectivity index is 0.000000178.